The molecule has 0 unspecified atom stereocenters. The predicted octanol–water partition coefficient (Wildman–Crippen LogP) is 4.04. The van der Waals surface area contributed by atoms with Crippen LogP contribution < -0.4 is 30.7 Å². The van der Waals surface area contributed by atoms with Gasteiger partial charge in [0.05, 0.1) is 32.1 Å². The molecule has 2 aromatic rings. The van der Waals surface area contributed by atoms with Gasteiger partial charge in [-0.3, -0.25) is 5.32 Å². The van der Waals surface area contributed by atoms with Crippen LogP contribution in [0.15, 0.2) is 36.0 Å². The second kappa shape index (κ2) is 8.94. The number of carbonyl (C=O) groups excluding carboxylic acids is 1. The second-order valence-corrected chi connectivity index (χ2v) is 7.46. The van der Waals surface area contributed by atoms with E-state index in [2.05, 4.69) is 26.3 Å². The summed E-state index contributed by atoms with van der Waals surface area (Å²) >= 11 is 0. The number of fused-ring (bicyclic) bond motifs is 1. The zero-order chi connectivity index (χ0) is 20.9. The number of hydrogen-bond acceptors (Lipinski definition) is 6. The number of benzene rings is 1. The number of aromatic nitrogens is 1. The molecule has 0 atom stereocenters. The molecule has 4 N–H and O–H groups in total. The molecule has 2 amide bonds. The van der Waals surface area contributed by atoms with Gasteiger partial charge in [-0.05, 0) is 31.1 Å². The molecular weight excluding hydrogens is 382 g/mol. The molecule has 1 aliphatic carbocycles. The first-order chi connectivity index (χ1) is 14.6. The number of nitrogens with one attached hydrogen (secondary N) is 4. The highest BCUT2D eigenvalue weighted by atomic mass is 16.5. The smallest absolute Gasteiger partial charge is 0.320 e. The lowest BCUT2D eigenvalue weighted by atomic mass is 10.1. The fourth-order valence-corrected chi connectivity index (χ4v) is 3.76. The summed E-state index contributed by atoms with van der Waals surface area (Å²) in [7, 11) is 3.25. The maximum atomic E-state index is 12.2. The summed E-state index contributed by atoms with van der Waals surface area (Å²) in [5.74, 6) is 1.94. The number of anilines is 3. The van der Waals surface area contributed by atoms with Crippen molar-refractivity contribution in [2.45, 2.75) is 31.7 Å². The summed E-state index contributed by atoms with van der Waals surface area (Å²) in [5.41, 5.74) is 3.48. The van der Waals surface area contributed by atoms with Gasteiger partial charge < -0.3 is 25.4 Å². The van der Waals surface area contributed by atoms with E-state index in [1.54, 1.807) is 20.3 Å². The summed E-state index contributed by atoms with van der Waals surface area (Å²) in [6.07, 6.45) is 6.41. The van der Waals surface area contributed by atoms with Crippen LogP contribution in [-0.2, 0) is 0 Å². The maximum Gasteiger partial charge on any atom is 0.320 e. The van der Waals surface area contributed by atoms with Crippen LogP contribution in [0.25, 0.3) is 6.08 Å². The number of urea groups is 1. The van der Waals surface area contributed by atoms with E-state index < -0.39 is 0 Å². The van der Waals surface area contributed by atoms with E-state index in [4.69, 9.17) is 9.47 Å². The Morgan fingerprint density at radius 1 is 1.10 bits per heavy atom. The molecule has 0 spiro atoms. The fourth-order valence-electron chi connectivity index (χ4n) is 3.76. The Morgan fingerprint density at radius 3 is 2.53 bits per heavy atom. The highest BCUT2D eigenvalue weighted by Gasteiger charge is 2.18. The van der Waals surface area contributed by atoms with Crippen LogP contribution in [0.4, 0.5) is 22.0 Å². The van der Waals surface area contributed by atoms with Crippen LogP contribution in [0.5, 0.6) is 11.5 Å². The van der Waals surface area contributed by atoms with E-state index in [9.17, 15) is 4.79 Å². The van der Waals surface area contributed by atoms with E-state index in [0.29, 0.717) is 23.9 Å². The third kappa shape index (κ3) is 4.76. The molecule has 4 rings (SSSR count). The van der Waals surface area contributed by atoms with Crippen molar-refractivity contribution in [3.8, 4) is 11.5 Å². The summed E-state index contributed by atoms with van der Waals surface area (Å²) in [4.78, 5) is 16.8. The van der Waals surface area contributed by atoms with Gasteiger partial charge in [-0.15, -0.1) is 0 Å². The highest BCUT2D eigenvalue weighted by molar-refractivity contribution is 5.89. The van der Waals surface area contributed by atoms with E-state index in [1.165, 1.54) is 12.8 Å². The van der Waals surface area contributed by atoms with Crippen LogP contribution in [0.3, 0.4) is 0 Å². The summed E-state index contributed by atoms with van der Waals surface area (Å²) < 4.78 is 10.7. The first-order valence-corrected chi connectivity index (χ1v) is 10.2. The number of nitrogens with zero attached hydrogens (tertiary/aromatic N) is 1. The lowest BCUT2D eigenvalue weighted by Gasteiger charge is -2.21. The molecule has 8 heteroatoms. The standard InChI is InChI=1S/C22H27N5O3/c1-29-17-9-15(10-18(12-17)30-2)24-16-11-20-19(23-13-16)7-8-21(26-20)27-22(28)25-14-5-3-4-6-14/h7-12,14,23-24H,3-6,13H2,1-2H3,(H2,25,26,27,28). The van der Waals surface area contributed by atoms with Crippen molar-refractivity contribution in [1.29, 1.82) is 0 Å². The fraction of sp³-hybridized carbons (Fsp3) is 0.364. The zero-order valence-electron chi connectivity index (χ0n) is 17.2. The molecule has 1 aromatic carbocycles. The lowest BCUT2D eigenvalue weighted by molar-refractivity contribution is 0.248. The van der Waals surface area contributed by atoms with Crippen molar-refractivity contribution < 1.29 is 14.3 Å². The van der Waals surface area contributed by atoms with E-state index in [1.807, 2.05) is 30.3 Å². The third-order valence-corrected chi connectivity index (χ3v) is 5.29. The Morgan fingerprint density at radius 2 is 1.83 bits per heavy atom. The zero-order valence-corrected chi connectivity index (χ0v) is 17.2. The highest BCUT2D eigenvalue weighted by Crippen LogP contribution is 2.29. The Labute approximate surface area is 176 Å². The topological polar surface area (TPSA) is 96.5 Å². The minimum Gasteiger partial charge on any atom is -0.497 e. The normalized spacial score (nSPS) is 15.5. The Hall–Kier alpha value is -3.42. The molecular formula is C22H27N5O3. The molecule has 2 heterocycles. The van der Waals surface area contributed by atoms with Crippen molar-refractivity contribution in [2.75, 3.05) is 36.7 Å². The quantitative estimate of drug-likeness (QED) is 0.575. The number of pyridine rings is 1. The SMILES string of the molecule is COc1cc(NC2=Cc3nc(NC(=O)NC4CCCC4)ccc3NC2)cc(OC)c1. The van der Waals surface area contributed by atoms with Crippen molar-refractivity contribution in [1.82, 2.24) is 10.3 Å². The third-order valence-electron chi connectivity index (χ3n) is 5.29. The van der Waals surface area contributed by atoms with Crippen LogP contribution in [-0.4, -0.2) is 37.8 Å². The van der Waals surface area contributed by atoms with Crippen molar-refractivity contribution in [3.63, 3.8) is 0 Å². The van der Waals surface area contributed by atoms with Gasteiger partial charge in [0, 0.05) is 35.6 Å². The van der Waals surface area contributed by atoms with Gasteiger partial charge in [0.25, 0.3) is 0 Å². The second-order valence-electron chi connectivity index (χ2n) is 7.46. The summed E-state index contributed by atoms with van der Waals surface area (Å²) in [6.45, 7) is 0.628. The van der Waals surface area contributed by atoms with Crippen molar-refractivity contribution in [3.05, 3.63) is 41.7 Å². The molecule has 1 fully saturated rings. The Kier molecular flexibility index (Phi) is 5.92. The van der Waals surface area contributed by atoms with E-state index in [0.717, 1.165) is 35.6 Å². The average molecular weight is 409 g/mol. The van der Waals surface area contributed by atoms with Crippen LogP contribution in [0, 0.1) is 0 Å². The first-order valence-electron chi connectivity index (χ1n) is 10.2. The molecule has 2 aliphatic rings. The van der Waals surface area contributed by atoms with Crippen LogP contribution in [0.2, 0.25) is 0 Å². The Balaban J connectivity index is 1.46. The number of methoxy groups -OCH3 is 2. The molecule has 1 aliphatic heterocycles. The first kappa shape index (κ1) is 19.9. The molecule has 30 heavy (non-hydrogen) atoms. The Bertz CT molecular complexity index is 932. The molecule has 1 aromatic heterocycles. The lowest BCUT2D eigenvalue weighted by Crippen LogP contribution is -2.36. The number of amides is 2. The van der Waals surface area contributed by atoms with Gasteiger partial charge in [-0.2, -0.15) is 0 Å². The number of rotatable bonds is 6. The van der Waals surface area contributed by atoms with Crippen molar-refractivity contribution in [2.24, 2.45) is 0 Å². The average Bonchev–Trinajstić information content (AvgIpc) is 3.26. The van der Waals surface area contributed by atoms with Gasteiger partial charge in [-0.1, -0.05) is 12.8 Å². The number of hydrogen-bond donors (Lipinski definition) is 4. The van der Waals surface area contributed by atoms with Crippen LogP contribution >= 0.6 is 0 Å². The van der Waals surface area contributed by atoms with Gasteiger partial charge in [0.1, 0.15) is 17.3 Å². The largest absolute Gasteiger partial charge is 0.497 e. The molecule has 0 radical (unpaired) electrons. The van der Waals surface area contributed by atoms with E-state index in [-0.39, 0.29) is 12.1 Å². The van der Waals surface area contributed by atoms with Gasteiger partial charge >= 0.3 is 6.03 Å². The molecule has 158 valence electrons. The van der Waals surface area contributed by atoms with Gasteiger partial charge in [0.15, 0.2) is 0 Å². The minimum atomic E-state index is -0.205. The van der Waals surface area contributed by atoms with Crippen molar-refractivity contribution >= 4 is 29.3 Å². The maximum absolute atomic E-state index is 12.2. The van der Waals surface area contributed by atoms with Gasteiger partial charge in [0.2, 0.25) is 0 Å². The van der Waals surface area contributed by atoms with Gasteiger partial charge in [-0.25, -0.2) is 9.78 Å². The molecule has 0 bridgehead atoms. The van der Waals surface area contributed by atoms with Crippen LogP contribution in [0.1, 0.15) is 31.4 Å². The molecule has 1 saturated carbocycles. The molecule has 0 saturated heterocycles. The summed E-state index contributed by atoms with van der Waals surface area (Å²) in [6, 6.07) is 9.41. The van der Waals surface area contributed by atoms with E-state index >= 15 is 0 Å². The number of ether oxygens (including phenoxy) is 2. The summed E-state index contributed by atoms with van der Waals surface area (Å²) in [5, 5.41) is 12.6. The monoisotopic (exact) mass is 409 g/mol. The number of carbonyl (C=O) groups is 1. The minimum absolute atomic E-state index is 0.205. The predicted molar refractivity (Wildman–Crippen MR) is 118 cm³/mol. The molecule has 8 nitrogen and oxygen atoms in total.